The van der Waals surface area contributed by atoms with Gasteiger partial charge >= 0.3 is 0 Å². The van der Waals surface area contributed by atoms with Gasteiger partial charge in [0.15, 0.2) is 0 Å². The molecule has 0 saturated heterocycles. The first kappa shape index (κ1) is 6.94. The SMILES string of the molecule is C1=C[C@@H]2[C@H](CC1)[C@H]1C=C[C@@H]2CC1. The summed E-state index contributed by atoms with van der Waals surface area (Å²) in [6.07, 6.45) is 15.6. The van der Waals surface area contributed by atoms with Crippen LogP contribution in [0, 0.1) is 23.7 Å². The Morgan fingerprint density at radius 2 is 1.67 bits per heavy atom. The van der Waals surface area contributed by atoms with Crippen LogP contribution in [0.5, 0.6) is 0 Å². The maximum Gasteiger partial charge on any atom is -0.0136 e. The van der Waals surface area contributed by atoms with Crippen LogP contribution in [0.2, 0.25) is 0 Å². The highest BCUT2D eigenvalue weighted by atomic mass is 14.4. The van der Waals surface area contributed by atoms with E-state index < -0.39 is 0 Å². The summed E-state index contributed by atoms with van der Waals surface area (Å²) in [5.74, 6) is 3.77. The molecule has 0 aliphatic heterocycles. The minimum Gasteiger partial charge on any atom is -0.0882 e. The van der Waals surface area contributed by atoms with E-state index >= 15 is 0 Å². The standard InChI is InChI=1S/C12H16/c1-2-4-12-10-7-5-9(6-8-10)11(12)3-1/h1,3,5,7,9-12H,2,4,6,8H2/t9-,10+,11+,12-/m1/s1. The molecule has 0 aromatic carbocycles. The van der Waals surface area contributed by atoms with Crippen molar-refractivity contribution in [3.05, 3.63) is 24.3 Å². The lowest BCUT2D eigenvalue weighted by molar-refractivity contribution is 0.143. The lowest BCUT2D eigenvalue weighted by atomic mass is 9.60. The van der Waals surface area contributed by atoms with E-state index in [1.54, 1.807) is 0 Å². The highest BCUT2D eigenvalue weighted by Crippen LogP contribution is 2.48. The highest BCUT2D eigenvalue weighted by molar-refractivity contribution is 5.16. The lowest BCUT2D eigenvalue weighted by Gasteiger charge is -2.45. The average molecular weight is 160 g/mol. The molecule has 64 valence electrons. The third-order valence-electron chi connectivity index (χ3n) is 4.00. The van der Waals surface area contributed by atoms with Crippen molar-refractivity contribution in [3.8, 4) is 0 Å². The molecule has 4 rings (SSSR count). The molecule has 4 atom stereocenters. The van der Waals surface area contributed by atoms with E-state index in [0.29, 0.717) is 0 Å². The molecule has 0 heterocycles. The molecule has 0 unspecified atom stereocenters. The van der Waals surface area contributed by atoms with Crippen LogP contribution in [-0.2, 0) is 0 Å². The summed E-state index contributed by atoms with van der Waals surface area (Å²) in [5, 5.41) is 0. The molecule has 12 heavy (non-hydrogen) atoms. The Labute approximate surface area is 74.4 Å². The third kappa shape index (κ3) is 0.840. The summed E-state index contributed by atoms with van der Waals surface area (Å²) in [7, 11) is 0. The van der Waals surface area contributed by atoms with Gasteiger partial charge in [-0.3, -0.25) is 0 Å². The zero-order valence-corrected chi connectivity index (χ0v) is 7.45. The first-order valence-corrected chi connectivity index (χ1v) is 5.30. The second-order valence-corrected chi connectivity index (χ2v) is 4.54. The van der Waals surface area contributed by atoms with Gasteiger partial charge in [0.2, 0.25) is 0 Å². The summed E-state index contributed by atoms with van der Waals surface area (Å²) < 4.78 is 0. The number of fused-ring (bicyclic) bond motifs is 1. The second-order valence-electron chi connectivity index (χ2n) is 4.54. The molecule has 2 bridgehead atoms. The fourth-order valence-corrected chi connectivity index (χ4v) is 3.38. The lowest BCUT2D eigenvalue weighted by Crippen LogP contribution is -2.36. The molecule has 0 spiro atoms. The van der Waals surface area contributed by atoms with Crippen LogP contribution >= 0.6 is 0 Å². The maximum absolute atomic E-state index is 2.49. The largest absolute Gasteiger partial charge is 0.0882 e. The summed E-state index contributed by atoms with van der Waals surface area (Å²) in [5.41, 5.74) is 0. The maximum atomic E-state index is 2.49. The molecule has 0 N–H and O–H groups in total. The monoisotopic (exact) mass is 160 g/mol. The summed E-state index contributed by atoms with van der Waals surface area (Å²) in [6, 6.07) is 0. The van der Waals surface area contributed by atoms with Crippen molar-refractivity contribution in [2.45, 2.75) is 25.7 Å². The van der Waals surface area contributed by atoms with Crippen LogP contribution in [0.1, 0.15) is 25.7 Å². The van der Waals surface area contributed by atoms with Crippen LogP contribution in [0.4, 0.5) is 0 Å². The van der Waals surface area contributed by atoms with Crippen LogP contribution < -0.4 is 0 Å². The van der Waals surface area contributed by atoms with Gasteiger partial charge in [0.25, 0.3) is 0 Å². The van der Waals surface area contributed by atoms with Crippen LogP contribution in [0.25, 0.3) is 0 Å². The predicted octanol–water partition coefficient (Wildman–Crippen LogP) is 3.16. The van der Waals surface area contributed by atoms with Crippen molar-refractivity contribution in [2.24, 2.45) is 23.7 Å². The zero-order valence-electron chi connectivity index (χ0n) is 7.45. The number of allylic oxidation sites excluding steroid dienone is 4. The molecule has 4 aliphatic carbocycles. The van der Waals surface area contributed by atoms with Crippen molar-refractivity contribution in [1.82, 2.24) is 0 Å². The highest BCUT2D eigenvalue weighted by Gasteiger charge is 2.39. The molecule has 4 aliphatic rings. The number of hydrogen-bond donors (Lipinski definition) is 0. The van der Waals surface area contributed by atoms with E-state index in [1.165, 1.54) is 25.7 Å². The van der Waals surface area contributed by atoms with Gasteiger partial charge in [-0.15, -0.1) is 0 Å². The molecule has 0 heteroatoms. The van der Waals surface area contributed by atoms with Crippen LogP contribution in [0.3, 0.4) is 0 Å². The smallest absolute Gasteiger partial charge is 0.0136 e. The van der Waals surface area contributed by atoms with Crippen LogP contribution in [-0.4, -0.2) is 0 Å². The van der Waals surface area contributed by atoms with Gasteiger partial charge in [0, 0.05) is 0 Å². The van der Waals surface area contributed by atoms with Crippen molar-refractivity contribution in [1.29, 1.82) is 0 Å². The molecule has 0 radical (unpaired) electrons. The number of hydrogen-bond acceptors (Lipinski definition) is 0. The van der Waals surface area contributed by atoms with Gasteiger partial charge in [-0.25, -0.2) is 0 Å². The average Bonchev–Trinajstić information content (AvgIpc) is 2.20. The van der Waals surface area contributed by atoms with Crippen molar-refractivity contribution in [3.63, 3.8) is 0 Å². The van der Waals surface area contributed by atoms with Gasteiger partial charge in [-0.05, 0) is 49.4 Å². The third-order valence-corrected chi connectivity index (χ3v) is 4.00. The summed E-state index contributed by atoms with van der Waals surface area (Å²) in [4.78, 5) is 0. The van der Waals surface area contributed by atoms with Crippen molar-refractivity contribution < 1.29 is 0 Å². The molecular weight excluding hydrogens is 144 g/mol. The van der Waals surface area contributed by atoms with E-state index in [1.807, 2.05) is 0 Å². The Morgan fingerprint density at radius 1 is 0.833 bits per heavy atom. The molecule has 1 saturated carbocycles. The quantitative estimate of drug-likeness (QED) is 0.477. The van der Waals surface area contributed by atoms with E-state index in [4.69, 9.17) is 0 Å². The van der Waals surface area contributed by atoms with Gasteiger partial charge in [0.05, 0.1) is 0 Å². The van der Waals surface area contributed by atoms with E-state index in [0.717, 1.165) is 23.7 Å². The minimum atomic E-state index is 0.900. The Morgan fingerprint density at radius 3 is 2.42 bits per heavy atom. The predicted molar refractivity (Wildman–Crippen MR) is 50.7 cm³/mol. The van der Waals surface area contributed by atoms with Gasteiger partial charge < -0.3 is 0 Å². The molecular formula is C12H16. The van der Waals surface area contributed by atoms with E-state index in [2.05, 4.69) is 24.3 Å². The molecule has 0 amide bonds. The Bertz CT molecular complexity index is 236. The van der Waals surface area contributed by atoms with Crippen LogP contribution in [0.15, 0.2) is 24.3 Å². The summed E-state index contributed by atoms with van der Waals surface area (Å²) in [6.45, 7) is 0. The molecule has 0 aromatic heterocycles. The van der Waals surface area contributed by atoms with E-state index in [9.17, 15) is 0 Å². The Hall–Kier alpha value is -0.520. The fourth-order valence-electron chi connectivity index (χ4n) is 3.38. The van der Waals surface area contributed by atoms with Gasteiger partial charge in [-0.1, -0.05) is 24.3 Å². The van der Waals surface area contributed by atoms with Gasteiger partial charge in [0.1, 0.15) is 0 Å². The fraction of sp³-hybridized carbons (Fsp3) is 0.667. The first-order chi connectivity index (χ1) is 5.95. The van der Waals surface area contributed by atoms with Crippen molar-refractivity contribution in [2.75, 3.05) is 0 Å². The second kappa shape index (κ2) is 2.48. The normalized spacial score (nSPS) is 49.3. The minimum absolute atomic E-state index is 0.900. The molecule has 0 aromatic rings. The summed E-state index contributed by atoms with van der Waals surface area (Å²) >= 11 is 0. The van der Waals surface area contributed by atoms with Gasteiger partial charge in [-0.2, -0.15) is 0 Å². The number of rotatable bonds is 0. The Kier molecular flexibility index (Phi) is 1.44. The van der Waals surface area contributed by atoms with Crippen molar-refractivity contribution >= 4 is 0 Å². The Balaban J connectivity index is 1.98. The first-order valence-electron chi connectivity index (χ1n) is 5.30. The van der Waals surface area contributed by atoms with E-state index in [-0.39, 0.29) is 0 Å². The zero-order chi connectivity index (χ0) is 7.97. The molecule has 1 fully saturated rings. The topological polar surface area (TPSA) is 0 Å². The molecule has 0 nitrogen and oxygen atoms in total.